The standard InChI is InChI=1S/C39H26F6O2S2/c1-21-33(27-15-13-25(19-31(27)48-21)29(46)17-23-9-5-3-6-10-23)35-36(38(42,43)39(44,45)37(35,40)41)34-22(2)49-32-20-26(14-16-28(32)34)30(47)18-24-11-7-4-8-12-24/h3-16,19-20H,17-18H2,1-2H3. The zero-order chi connectivity index (χ0) is 34.9. The highest BCUT2D eigenvalue weighted by Gasteiger charge is 2.80. The Balaban J connectivity index is 1.38. The van der Waals surface area contributed by atoms with Gasteiger partial charge in [0.05, 0.1) is 0 Å². The first-order valence-corrected chi connectivity index (χ1v) is 17.0. The van der Waals surface area contributed by atoms with Crippen molar-refractivity contribution in [2.24, 2.45) is 0 Å². The predicted octanol–water partition coefficient (Wildman–Crippen LogP) is 11.4. The van der Waals surface area contributed by atoms with Gasteiger partial charge in [0.2, 0.25) is 0 Å². The van der Waals surface area contributed by atoms with Crippen molar-refractivity contribution in [2.45, 2.75) is 44.5 Å². The largest absolute Gasteiger partial charge is 0.380 e. The maximum atomic E-state index is 16.0. The van der Waals surface area contributed by atoms with E-state index >= 15 is 26.3 Å². The van der Waals surface area contributed by atoms with Gasteiger partial charge in [0.1, 0.15) is 0 Å². The number of carbonyl (C=O) groups excluding carboxylic acids is 2. The van der Waals surface area contributed by atoms with E-state index in [-0.39, 0.29) is 56.1 Å². The lowest BCUT2D eigenvalue weighted by Crippen LogP contribution is -2.48. The zero-order valence-electron chi connectivity index (χ0n) is 26.1. The average molecular weight is 705 g/mol. The van der Waals surface area contributed by atoms with E-state index in [1.807, 2.05) is 12.1 Å². The molecule has 1 aliphatic carbocycles. The lowest BCUT2D eigenvalue weighted by atomic mass is 9.91. The summed E-state index contributed by atoms with van der Waals surface area (Å²) in [5, 5.41) is 0.149. The summed E-state index contributed by atoms with van der Waals surface area (Å²) in [5.41, 5.74) is -1.55. The Labute approximate surface area is 285 Å². The quantitative estimate of drug-likeness (QED) is 0.117. The fourth-order valence-corrected chi connectivity index (χ4v) is 8.78. The number of alkyl halides is 6. The molecule has 0 amide bonds. The number of benzene rings is 4. The van der Waals surface area contributed by atoms with Gasteiger partial charge in [-0.2, -0.15) is 26.3 Å². The highest BCUT2D eigenvalue weighted by molar-refractivity contribution is 7.19. The van der Waals surface area contributed by atoms with Crippen molar-refractivity contribution in [3.63, 3.8) is 0 Å². The summed E-state index contributed by atoms with van der Waals surface area (Å²) < 4.78 is 95.3. The Hall–Kier alpha value is -4.54. The molecule has 10 heteroatoms. The Kier molecular flexibility index (Phi) is 7.95. The van der Waals surface area contributed by atoms with Crippen molar-refractivity contribution in [1.82, 2.24) is 0 Å². The van der Waals surface area contributed by atoms with E-state index in [2.05, 4.69) is 0 Å². The minimum absolute atomic E-state index is 0.0745. The lowest BCUT2D eigenvalue weighted by Gasteiger charge is -2.26. The van der Waals surface area contributed by atoms with Crippen LogP contribution in [0.4, 0.5) is 26.3 Å². The predicted molar refractivity (Wildman–Crippen MR) is 184 cm³/mol. The molecule has 0 bridgehead atoms. The fraction of sp³-hybridized carbons (Fsp3) is 0.179. The van der Waals surface area contributed by atoms with Crippen LogP contribution in [0.2, 0.25) is 0 Å². The van der Waals surface area contributed by atoms with E-state index in [4.69, 9.17) is 0 Å². The SMILES string of the molecule is Cc1sc2cc(C(=O)Cc3ccccc3)ccc2c1C1=C(c2c(C)sc3cc(C(=O)Cc4ccccc4)ccc23)C(F)(F)C(F)(F)C1(F)F. The number of rotatable bonds is 8. The van der Waals surface area contributed by atoms with Crippen LogP contribution in [-0.2, 0) is 12.8 Å². The van der Waals surface area contributed by atoms with E-state index in [1.54, 1.807) is 48.5 Å². The van der Waals surface area contributed by atoms with Crippen molar-refractivity contribution in [1.29, 1.82) is 0 Å². The van der Waals surface area contributed by atoms with Crippen LogP contribution in [0, 0.1) is 13.8 Å². The molecule has 248 valence electrons. The van der Waals surface area contributed by atoms with Gasteiger partial charge in [0.25, 0.3) is 0 Å². The number of halogens is 6. The van der Waals surface area contributed by atoms with Crippen LogP contribution in [0.5, 0.6) is 0 Å². The molecule has 0 spiro atoms. The summed E-state index contributed by atoms with van der Waals surface area (Å²) >= 11 is 1.95. The highest BCUT2D eigenvalue weighted by atomic mass is 32.1. The van der Waals surface area contributed by atoms with Crippen molar-refractivity contribution < 1.29 is 35.9 Å². The number of hydrogen-bond donors (Lipinski definition) is 0. The molecule has 0 N–H and O–H groups in total. The number of carbonyl (C=O) groups is 2. The Morgan fingerprint density at radius 1 is 0.551 bits per heavy atom. The Bertz CT molecular complexity index is 2160. The van der Waals surface area contributed by atoms with Gasteiger partial charge in [0.15, 0.2) is 11.6 Å². The van der Waals surface area contributed by atoms with Crippen LogP contribution in [0.3, 0.4) is 0 Å². The molecule has 0 aliphatic heterocycles. The van der Waals surface area contributed by atoms with Crippen LogP contribution >= 0.6 is 22.7 Å². The van der Waals surface area contributed by atoms with Crippen LogP contribution in [0.1, 0.15) is 52.7 Å². The number of fused-ring (bicyclic) bond motifs is 2. The van der Waals surface area contributed by atoms with Crippen molar-refractivity contribution in [3.8, 4) is 0 Å². The zero-order valence-corrected chi connectivity index (χ0v) is 27.7. The molecule has 2 aromatic heterocycles. The molecule has 2 nitrogen and oxygen atoms in total. The second kappa shape index (κ2) is 11.8. The molecule has 0 atom stereocenters. The smallest absolute Gasteiger partial charge is 0.294 e. The monoisotopic (exact) mass is 704 g/mol. The fourth-order valence-electron chi connectivity index (χ4n) is 6.56. The molecule has 0 saturated heterocycles. The topological polar surface area (TPSA) is 34.1 Å². The summed E-state index contributed by atoms with van der Waals surface area (Å²) in [6, 6.07) is 26.5. The maximum Gasteiger partial charge on any atom is 0.380 e. The summed E-state index contributed by atoms with van der Waals surface area (Å²) in [5.74, 6) is -16.7. The molecular formula is C39H26F6O2S2. The number of Topliss-reactive ketones (excluding diaryl/α,β-unsaturated/α-hetero) is 2. The van der Waals surface area contributed by atoms with Crippen molar-refractivity contribution in [2.75, 3.05) is 0 Å². The minimum Gasteiger partial charge on any atom is -0.294 e. The first-order valence-electron chi connectivity index (χ1n) is 15.3. The number of allylic oxidation sites excluding steroid dienone is 2. The van der Waals surface area contributed by atoms with Gasteiger partial charge in [-0.15, -0.1) is 22.7 Å². The van der Waals surface area contributed by atoms with Gasteiger partial charge in [-0.3, -0.25) is 9.59 Å². The third kappa shape index (κ3) is 5.23. The molecule has 49 heavy (non-hydrogen) atoms. The maximum absolute atomic E-state index is 16.0. The third-order valence-corrected chi connectivity index (χ3v) is 11.1. The molecule has 0 unspecified atom stereocenters. The van der Waals surface area contributed by atoms with Crippen LogP contribution in [0.15, 0.2) is 97.1 Å². The first-order chi connectivity index (χ1) is 23.2. The Morgan fingerprint density at radius 2 is 0.918 bits per heavy atom. The van der Waals surface area contributed by atoms with Gasteiger partial charge in [-0.05, 0) is 37.1 Å². The number of aryl methyl sites for hydroxylation is 2. The minimum atomic E-state index is -5.73. The van der Waals surface area contributed by atoms with E-state index < -0.39 is 40.0 Å². The molecule has 2 heterocycles. The molecule has 4 aromatic carbocycles. The van der Waals surface area contributed by atoms with E-state index in [1.165, 1.54) is 50.2 Å². The summed E-state index contributed by atoms with van der Waals surface area (Å²) in [6.45, 7) is 2.84. The van der Waals surface area contributed by atoms with Crippen LogP contribution < -0.4 is 0 Å². The van der Waals surface area contributed by atoms with Gasteiger partial charge >= 0.3 is 17.8 Å². The molecule has 0 radical (unpaired) electrons. The van der Waals surface area contributed by atoms with Crippen molar-refractivity contribution >= 4 is 65.6 Å². The molecular weight excluding hydrogens is 679 g/mol. The first kappa shape index (κ1) is 33.0. The van der Waals surface area contributed by atoms with E-state index in [0.29, 0.717) is 9.40 Å². The van der Waals surface area contributed by atoms with Gasteiger partial charge < -0.3 is 0 Å². The lowest BCUT2D eigenvalue weighted by molar-refractivity contribution is -0.254. The normalized spacial score (nSPS) is 16.5. The molecule has 0 fully saturated rings. The number of thiophene rings is 2. The van der Waals surface area contributed by atoms with Crippen LogP contribution in [0.25, 0.3) is 31.3 Å². The average Bonchev–Trinajstić information content (AvgIpc) is 3.60. The number of ketones is 2. The van der Waals surface area contributed by atoms with Gasteiger partial charge in [0, 0.05) is 76.2 Å². The second-order valence-electron chi connectivity index (χ2n) is 12.1. The van der Waals surface area contributed by atoms with Gasteiger partial charge in [-0.25, -0.2) is 0 Å². The molecule has 1 aliphatic rings. The van der Waals surface area contributed by atoms with Gasteiger partial charge in [-0.1, -0.05) is 84.9 Å². The Morgan fingerprint density at radius 3 is 1.29 bits per heavy atom. The van der Waals surface area contributed by atoms with Crippen LogP contribution in [-0.4, -0.2) is 29.3 Å². The van der Waals surface area contributed by atoms with E-state index in [0.717, 1.165) is 33.8 Å². The summed E-state index contributed by atoms with van der Waals surface area (Å²) in [4.78, 5) is 26.4. The van der Waals surface area contributed by atoms with Crippen molar-refractivity contribution in [3.05, 3.63) is 140 Å². The van der Waals surface area contributed by atoms with E-state index in [9.17, 15) is 9.59 Å². The summed E-state index contributed by atoms with van der Waals surface area (Å²) in [6.07, 6.45) is 0.166. The summed E-state index contributed by atoms with van der Waals surface area (Å²) in [7, 11) is 0. The molecule has 6 aromatic rings. The third-order valence-electron chi connectivity index (χ3n) is 8.96. The molecule has 0 saturated carbocycles. The second-order valence-corrected chi connectivity index (χ2v) is 14.6. The molecule has 7 rings (SSSR count). The number of hydrogen-bond acceptors (Lipinski definition) is 4. The highest BCUT2D eigenvalue weighted by Crippen LogP contribution is 2.67.